The van der Waals surface area contributed by atoms with Crippen molar-refractivity contribution in [3.63, 3.8) is 0 Å². The standard InChI is InChI=1S/C20H18F10O4/c1-7(2)9(31)33-5-15-11(21)16(6-34-10(32)8(3)4)13(23)18(26,19(15,27)28)14(24)17(25,12(15)22)20(16,29)30/h11-14H,1,3,5-6H2,2,4H3. The van der Waals surface area contributed by atoms with Gasteiger partial charge in [0.05, 0.1) is 0 Å². The molecule has 0 aromatic heterocycles. The Balaban J connectivity index is 2.32. The summed E-state index contributed by atoms with van der Waals surface area (Å²) in [6, 6.07) is 0. The minimum Gasteiger partial charge on any atom is -0.461 e. The Kier molecular flexibility index (Phi) is 5.52. The molecular formula is C20H18F10O4. The van der Waals surface area contributed by atoms with Gasteiger partial charge in [0, 0.05) is 11.1 Å². The van der Waals surface area contributed by atoms with Crippen molar-refractivity contribution < 1.29 is 63.0 Å². The second-order valence-corrected chi connectivity index (χ2v) is 8.93. The van der Waals surface area contributed by atoms with Crippen LogP contribution in [0.4, 0.5) is 43.9 Å². The smallest absolute Gasteiger partial charge is 0.333 e. The lowest BCUT2D eigenvalue weighted by Crippen LogP contribution is -2.98. The summed E-state index contributed by atoms with van der Waals surface area (Å²) < 4.78 is 161. The van der Waals surface area contributed by atoms with Crippen LogP contribution in [0.15, 0.2) is 24.3 Å². The molecule has 34 heavy (non-hydrogen) atoms. The van der Waals surface area contributed by atoms with Gasteiger partial charge in [-0.2, -0.15) is 0 Å². The third kappa shape index (κ3) is 2.37. The number of carbonyl (C=O) groups is 2. The van der Waals surface area contributed by atoms with Crippen LogP contribution in [0, 0.1) is 10.8 Å². The van der Waals surface area contributed by atoms with E-state index in [4.69, 9.17) is 0 Å². The van der Waals surface area contributed by atoms with E-state index in [1.165, 1.54) is 0 Å². The van der Waals surface area contributed by atoms with Crippen LogP contribution in [0.25, 0.3) is 0 Å². The Morgan fingerprint density at radius 2 is 0.941 bits per heavy atom. The van der Waals surface area contributed by atoms with Crippen molar-refractivity contribution >= 4 is 11.9 Å². The molecule has 14 heteroatoms. The highest BCUT2D eigenvalue weighted by Crippen LogP contribution is 2.81. The van der Waals surface area contributed by atoms with Crippen molar-refractivity contribution in [1.29, 1.82) is 0 Å². The molecule has 4 fully saturated rings. The fraction of sp³-hybridized carbons (Fsp3) is 0.700. The van der Waals surface area contributed by atoms with E-state index >= 15 is 39.5 Å². The van der Waals surface area contributed by atoms with Gasteiger partial charge >= 0.3 is 23.8 Å². The number of halogens is 10. The molecule has 4 rings (SSSR count). The lowest BCUT2D eigenvalue weighted by Gasteiger charge is -2.73. The van der Waals surface area contributed by atoms with Gasteiger partial charge in [-0.25, -0.2) is 53.5 Å². The van der Waals surface area contributed by atoms with Gasteiger partial charge in [0.15, 0.2) is 18.5 Å². The molecule has 4 nitrogen and oxygen atoms in total. The molecule has 4 aliphatic carbocycles. The zero-order valence-electron chi connectivity index (χ0n) is 17.6. The van der Waals surface area contributed by atoms with E-state index in [-0.39, 0.29) is 0 Å². The predicted octanol–water partition coefficient (Wildman–Crippen LogP) is 4.28. The van der Waals surface area contributed by atoms with E-state index in [1.807, 2.05) is 0 Å². The number of alkyl halides is 10. The molecule has 192 valence electrons. The van der Waals surface area contributed by atoms with Crippen molar-refractivity contribution in [2.75, 3.05) is 13.2 Å². The summed E-state index contributed by atoms with van der Waals surface area (Å²) in [4.78, 5) is 23.3. The number of ether oxygens (including phenoxy) is 2. The number of rotatable bonds is 6. The van der Waals surface area contributed by atoms with Gasteiger partial charge in [0.25, 0.3) is 0 Å². The maximum Gasteiger partial charge on any atom is 0.333 e. The predicted molar refractivity (Wildman–Crippen MR) is 93.6 cm³/mol. The highest BCUT2D eigenvalue weighted by Gasteiger charge is 3.05. The van der Waals surface area contributed by atoms with Gasteiger partial charge in [-0.15, -0.1) is 0 Å². The summed E-state index contributed by atoms with van der Waals surface area (Å²) >= 11 is 0. The Bertz CT molecular complexity index is 897. The van der Waals surface area contributed by atoms with Gasteiger partial charge in [0.1, 0.15) is 30.2 Å². The first-order valence-corrected chi connectivity index (χ1v) is 9.62. The fourth-order valence-corrected chi connectivity index (χ4v) is 5.11. The molecule has 0 N–H and O–H groups in total. The summed E-state index contributed by atoms with van der Waals surface area (Å²) in [5.74, 6) is -15.0. The summed E-state index contributed by atoms with van der Waals surface area (Å²) in [6.07, 6.45) is -18.1. The third-order valence-electron chi connectivity index (χ3n) is 7.00. The normalized spacial score (nSPS) is 45.5. The first-order chi connectivity index (χ1) is 15.3. The maximum absolute atomic E-state index is 15.7. The summed E-state index contributed by atoms with van der Waals surface area (Å²) in [6.45, 7) is 3.38. The molecule has 4 bridgehead atoms. The van der Waals surface area contributed by atoms with Crippen LogP contribution in [0.1, 0.15) is 13.8 Å². The maximum atomic E-state index is 15.7. The molecule has 6 atom stereocenters. The summed E-state index contributed by atoms with van der Waals surface area (Å²) in [5.41, 5.74) is -21.5. The highest BCUT2D eigenvalue weighted by atomic mass is 19.3. The second kappa shape index (κ2) is 7.12. The van der Waals surface area contributed by atoms with Crippen LogP contribution in [0.2, 0.25) is 0 Å². The molecular weight excluding hydrogens is 494 g/mol. The van der Waals surface area contributed by atoms with E-state index in [9.17, 15) is 14.0 Å². The number of esters is 2. The van der Waals surface area contributed by atoms with Crippen molar-refractivity contribution in [2.24, 2.45) is 10.8 Å². The minimum atomic E-state index is -5.86. The Labute approximate surface area is 185 Å². The van der Waals surface area contributed by atoms with Crippen LogP contribution in [-0.4, -0.2) is 73.0 Å². The lowest BCUT2D eigenvalue weighted by atomic mass is 9.36. The Morgan fingerprint density at radius 3 is 1.21 bits per heavy atom. The quantitative estimate of drug-likeness (QED) is 0.303. The average molecular weight is 512 g/mol. The van der Waals surface area contributed by atoms with E-state index < -0.39 is 95.0 Å². The molecule has 0 heterocycles. The minimum absolute atomic E-state index is 0.550. The van der Waals surface area contributed by atoms with Crippen LogP contribution >= 0.6 is 0 Å². The number of hydrogen-bond acceptors (Lipinski definition) is 4. The van der Waals surface area contributed by atoms with Crippen molar-refractivity contribution in [1.82, 2.24) is 0 Å². The van der Waals surface area contributed by atoms with Crippen LogP contribution in [0.3, 0.4) is 0 Å². The van der Waals surface area contributed by atoms with Gasteiger partial charge in [-0.1, -0.05) is 13.2 Å². The largest absolute Gasteiger partial charge is 0.461 e. The van der Waals surface area contributed by atoms with E-state index in [0.29, 0.717) is 0 Å². The molecule has 0 aromatic rings. The SMILES string of the molecule is C=C(C)C(=O)OCC12C(F)C3(F)C(F)C(F)(C(F)C(COC(=O)C(=C)C)(C1F)C3(F)F)C2(F)F. The molecule has 0 aromatic carbocycles. The molecule has 0 radical (unpaired) electrons. The second-order valence-electron chi connectivity index (χ2n) is 8.93. The molecule has 0 saturated heterocycles. The number of carbonyl (C=O) groups excluding carboxylic acids is 2. The Morgan fingerprint density at radius 1 is 0.647 bits per heavy atom. The zero-order chi connectivity index (χ0) is 26.4. The van der Waals surface area contributed by atoms with Gasteiger partial charge in [0.2, 0.25) is 11.3 Å². The summed E-state index contributed by atoms with van der Waals surface area (Å²) in [7, 11) is 0. The first-order valence-electron chi connectivity index (χ1n) is 9.62. The summed E-state index contributed by atoms with van der Waals surface area (Å²) in [5, 5.41) is 0. The molecule has 0 spiro atoms. The average Bonchev–Trinajstić information content (AvgIpc) is 2.74. The number of hydrogen-bond donors (Lipinski definition) is 0. The van der Waals surface area contributed by atoms with Crippen LogP contribution in [0.5, 0.6) is 0 Å². The molecule has 4 saturated carbocycles. The van der Waals surface area contributed by atoms with Crippen molar-refractivity contribution in [2.45, 2.75) is 61.7 Å². The van der Waals surface area contributed by atoms with Crippen molar-refractivity contribution in [3.05, 3.63) is 24.3 Å². The van der Waals surface area contributed by atoms with E-state index in [0.717, 1.165) is 13.8 Å². The fourth-order valence-electron chi connectivity index (χ4n) is 5.11. The van der Waals surface area contributed by atoms with Crippen molar-refractivity contribution in [3.8, 4) is 0 Å². The molecule has 6 unspecified atom stereocenters. The lowest BCUT2D eigenvalue weighted by molar-refractivity contribution is -0.488. The zero-order valence-corrected chi connectivity index (χ0v) is 17.6. The monoisotopic (exact) mass is 512 g/mol. The van der Waals surface area contributed by atoms with Gasteiger partial charge in [-0.3, -0.25) is 0 Å². The highest BCUT2D eigenvalue weighted by molar-refractivity contribution is 5.87. The van der Waals surface area contributed by atoms with E-state index in [1.54, 1.807) is 0 Å². The van der Waals surface area contributed by atoms with Crippen LogP contribution in [-0.2, 0) is 19.1 Å². The van der Waals surface area contributed by atoms with Crippen LogP contribution < -0.4 is 0 Å². The molecule has 0 amide bonds. The Hall–Kier alpha value is -2.28. The van der Waals surface area contributed by atoms with Gasteiger partial charge in [-0.05, 0) is 13.8 Å². The van der Waals surface area contributed by atoms with Gasteiger partial charge < -0.3 is 9.47 Å². The van der Waals surface area contributed by atoms with E-state index in [2.05, 4.69) is 22.6 Å². The topological polar surface area (TPSA) is 52.6 Å². The first kappa shape index (κ1) is 26.3. The third-order valence-corrected chi connectivity index (χ3v) is 7.00. The molecule has 4 aliphatic rings. The molecule has 0 aliphatic heterocycles.